The molecular weight excluding hydrogens is 973 g/mol. The van der Waals surface area contributed by atoms with Crippen molar-refractivity contribution in [2.24, 2.45) is 0 Å². The number of carbonyl (C=O) groups excluding carboxylic acids is 3. The van der Waals surface area contributed by atoms with E-state index in [4.69, 9.17) is 14.2 Å². The molecule has 1 unspecified atom stereocenters. The van der Waals surface area contributed by atoms with Gasteiger partial charge in [0.1, 0.15) is 13.2 Å². The van der Waals surface area contributed by atoms with Crippen LogP contribution in [0.15, 0.2) is 24.3 Å². The topological polar surface area (TPSA) is 78.9 Å². The fraction of sp³-hybridized carbons (Fsp3) is 0.904. The molecule has 466 valence electrons. The van der Waals surface area contributed by atoms with Gasteiger partial charge < -0.3 is 14.2 Å². The van der Waals surface area contributed by atoms with Gasteiger partial charge in [0.15, 0.2) is 6.10 Å². The van der Waals surface area contributed by atoms with Gasteiger partial charge in [-0.1, -0.05) is 360 Å². The van der Waals surface area contributed by atoms with Crippen LogP contribution in [0.2, 0.25) is 0 Å². The molecule has 79 heavy (non-hydrogen) atoms. The Kier molecular flexibility index (Phi) is 66.6. The van der Waals surface area contributed by atoms with Crippen LogP contribution in [0.25, 0.3) is 0 Å². The standard InChI is InChI=1S/C73H138O6/c1-4-7-10-13-16-19-22-25-28-30-32-34-36-38-39-41-43-45-48-51-54-57-60-63-66-72(75)78-69-70(68-77-71(74)65-62-59-56-53-50-47-27-24-21-18-15-12-9-6-3)79-73(76)67-64-61-58-55-52-49-46-44-42-40-37-35-33-31-29-26-23-20-17-14-11-8-5-2/h23,26,31,33,70H,4-22,24-25,27-30,32,34-69H2,1-3H3/b26-23-,33-31-. The maximum Gasteiger partial charge on any atom is 0.306 e. The first-order valence-electron chi connectivity index (χ1n) is 35.8. The molecule has 0 N–H and O–H groups in total. The molecule has 0 saturated heterocycles. The molecule has 0 fully saturated rings. The summed E-state index contributed by atoms with van der Waals surface area (Å²) in [6, 6.07) is 0. The lowest BCUT2D eigenvalue weighted by atomic mass is 10.0. The quantitative estimate of drug-likeness (QED) is 0.0261. The van der Waals surface area contributed by atoms with Crippen LogP contribution in [0, 0.1) is 0 Å². The van der Waals surface area contributed by atoms with Crippen molar-refractivity contribution in [2.45, 2.75) is 412 Å². The van der Waals surface area contributed by atoms with E-state index in [1.54, 1.807) is 0 Å². The second-order valence-corrected chi connectivity index (χ2v) is 24.5. The van der Waals surface area contributed by atoms with Gasteiger partial charge in [0.25, 0.3) is 0 Å². The minimum absolute atomic E-state index is 0.0651. The van der Waals surface area contributed by atoms with Crippen molar-refractivity contribution in [1.82, 2.24) is 0 Å². The van der Waals surface area contributed by atoms with Crippen LogP contribution >= 0.6 is 0 Å². The van der Waals surface area contributed by atoms with E-state index in [-0.39, 0.29) is 31.1 Å². The van der Waals surface area contributed by atoms with Crippen LogP contribution in [0.1, 0.15) is 406 Å². The van der Waals surface area contributed by atoms with Crippen molar-refractivity contribution in [3.05, 3.63) is 24.3 Å². The Labute approximate surface area is 493 Å². The molecule has 0 amide bonds. The highest BCUT2D eigenvalue weighted by Gasteiger charge is 2.19. The largest absolute Gasteiger partial charge is 0.462 e. The summed E-state index contributed by atoms with van der Waals surface area (Å²) in [7, 11) is 0. The maximum atomic E-state index is 13.0. The molecule has 0 aromatic carbocycles. The van der Waals surface area contributed by atoms with Crippen LogP contribution in [0.4, 0.5) is 0 Å². The Morgan fingerprint density at radius 1 is 0.253 bits per heavy atom. The fourth-order valence-corrected chi connectivity index (χ4v) is 11.1. The minimum atomic E-state index is -0.769. The molecule has 0 heterocycles. The summed E-state index contributed by atoms with van der Waals surface area (Å²) in [4.78, 5) is 38.4. The second-order valence-electron chi connectivity index (χ2n) is 24.5. The second kappa shape index (κ2) is 68.4. The SMILES string of the molecule is CCCCCCC/C=C\C/C=C\CCCCCCCCCCCCCC(=O)OC(COC(=O)CCCCCCCCCCCCCCCC)COC(=O)CCCCCCCCCCCCCCCCCCCCCCCCCC. The fourth-order valence-electron chi connectivity index (χ4n) is 11.1. The van der Waals surface area contributed by atoms with E-state index >= 15 is 0 Å². The first-order chi connectivity index (χ1) is 39.0. The molecule has 1 atom stereocenters. The van der Waals surface area contributed by atoms with Gasteiger partial charge in [-0.3, -0.25) is 14.4 Å². The average Bonchev–Trinajstić information content (AvgIpc) is 3.45. The predicted octanol–water partition coefficient (Wildman–Crippen LogP) is 24.6. The number of carbonyl (C=O) groups is 3. The average molecular weight is 1110 g/mol. The van der Waals surface area contributed by atoms with Crippen molar-refractivity contribution in [2.75, 3.05) is 13.2 Å². The molecule has 0 saturated carbocycles. The van der Waals surface area contributed by atoms with E-state index in [9.17, 15) is 14.4 Å². The van der Waals surface area contributed by atoms with Crippen molar-refractivity contribution < 1.29 is 28.6 Å². The zero-order valence-electron chi connectivity index (χ0n) is 53.7. The van der Waals surface area contributed by atoms with E-state index < -0.39 is 6.10 Å². The van der Waals surface area contributed by atoms with Gasteiger partial charge in [0, 0.05) is 19.3 Å². The highest BCUT2D eigenvalue weighted by Crippen LogP contribution is 2.19. The van der Waals surface area contributed by atoms with Crippen molar-refractivity contribution >= 4 is 17.9 Å². The van der Waals surface area contributed by atoms with Crippen LogP contribution in [0.5, 0.6) is 0 Å². The van der Waals surface area contributed by atoms with Crippen molar-refractivity contribution in [3.63, 3.8) is 0 Å². The number of allylic oxidation sites excluding steroid dienone is 4. The number of hydrogen-bond donors (Lipinski definition) is 0. The molecule has 0 aromatic heterocycles. The molecular formula is C73H138O6. The van der Waals surface area contributed by atoms with E-state index in [1.807, 2.05) is 0 Å². The Hall–Kier alpha value is -2.11. The Bertz CT molecular complexity index is 1270. The van der Waals surface area contributed by atoms with Gasteiger partial charge in [-0.15, -0.1) is 0 Å². The number of esters is 3. The molecule has 0 aliphatic heterocycles. The molecule has 0 rings (SSSR count). The summed E-state index contributed by atoms with van der Waals surface area (Å²) in [5.41, 5.74) is 0. The lowest BCUT2D eigenvalue weighted by Crippen LogP contribution is -2.30. The number of hydrogen-bond acceptors (Lipinski definition) is 6. The van der Waals surface area contributed by atoms with E-state index in [0.29, 0.717) is 19.3 Å². The van der Waals surface area contributed by atoms with E-state index in [0.717, 1.165) is 64.2 Å². The van der Waals surface area contributed by atoms with Gasteiger partial charge in [-0.05, 0) is 51.4 Å². The lowest BCUT2D eigenvalue weighted by Gasteiger charge is -2.18. The van der Waals surface area contributed by atoms with E-state index in [1.165, 1.54) is 302 Å². The molecule has 6 heteroatoms. The van der Waals surface area contributed by atoms with Gasteiger partial charge in [-0.2, -0.15) is 0 Å². The highest BCUT2D eigenvalue weighted by molar-refractivity contribution is 5.71. The zero-order chi connectivity index (χ0) is 57.1. The van der Waals surface area contributed by atoms with Crippen LogP contribution in [0.3, 0.4) is 0 Å². The first kappa shape index (κ1) is 76.9. The Morgan fingerprint density at radius 2 is 0.456 bits per heavy atom. The molecule has 6 nitrogen and oxygen atoms in total. The summed E-state index contributed by atoms with van der Waals surface area (Å²) in [6.45, 7) is 6.72. The number of ether oxygens (including phenoxy) is 3. The molecule has 0 spiro atoms. The van der Waals surface area contributed by atoms with Crippen molar-refractivity contribution in [3.8, 4) is 0 Å². The zero-order valence-corrected chi connectivity index (χ0v) is 53.7. The van der Waals surface area contributed by atoms with Gasteiger partial charge in [0.05, 0.1) is 0 Å². The molecule has 0 radical (unpaired) electrons. The molecule has 0 bridgehead atoms. The smallest absolute Gasteiger partial charge is 0.306 e. The minimum Gasteiger partial charge on any atom is -0.462 e. The summed E-state index contributed by atoms with van der Waals surface area (Å²) in [6.07, 6.45) is 83.5. The third kappa shape index (κ3) is 66.6. The highest BCUT2D eigenvalue weighted by atomic mass is 16.6. The number of unbranched alkanes of at least 4 members (excludes halogenated alkanes) is 52. The third-order valence-electron chi connectivity index (χ3n) is 16.5. The Balaban J connectivity index is 4.24. The maximum absolute atomic E-state index is 13.0. The summed E-state index contributed by atoms with van der Waals surface area (Å²) in [5, 5.41) is 0. The van der Waals surface area contributed by atoms with Gasteiger partial charge >= 0.3 is 17.9 Å². The third-order valence-corrected chi connectivity index (χ3v) is 16.5. The molecule has 0 aliphatic carbocycles. The summed E-state index contributed by atoms with van der Waals surface area (Å²) < 4.78 is 17.0. The monoisotopic (exact) mass is 1110 g/mol. The number of rotatable bonds is 67. The van der Waals surface area contributed by atoms with Crippen molar-refractivity contribution in [1.29, 1.82) is 0 Å². The van der Waals surface area contributed by atoms with Crippen LogP contribution < -0.4 is 0 Å². The Morgan fingerprint density at radius 3 is 0.696 bits per heavy atom. The normalized spacial score (nSPS) is 12.1. The van der Waals surface area contributed by atoms with Crippen LogP contribution in [-0.2, 0) is 28.6 Å². The molecule has 0 aromatic rings. The van der Waals surface area contributed by atoms with E-state index in [2.05, 4.69) is 45.1 Å². The first-order valence-corrected chi connectivity index (χ1v) is 35.8. The van der Waals surface area contributed by atoms with Gasteiger partial charge in [-0.25, -0.2) is 0 Å². The summed E-state index contributed by atoms with van der Waals surface area (Å²) >= 11 is 0. The lowest BCUT2D eigenvalue weighted by molar-refractivity contribution is -0.167. The predicted molar refractivity (Wildman–Crippen MR) is 344 cm³/mol. The van der Waals surface area contributed by atoms with Gasteiger partial charge in [0.2, 0.25) is 0 Å². The van der Waals surface area contributed by atoms with Crippen LogP contribution in [-0.4, -0.2) is 37.2 Å². The summed E-state index contributed by atoms with van der Waals surface area (Å²) in [5.74, 6) is -0.833. The molecule has 0 aliphatic rings.